The molecule has 0 unspecified atom stereocenters. The monoisotopic (exact) mass is 458 g/mol. The summed E-state index contributed by atoms with van der Waals surface area (Å²) in [7, 11) is 0. The number of halogens is 4. The van der Waals surface area contributed by atoms with E-state index in [0.717, 1.165) is 21.9 Å². The van der Waals surface area contributed by atoms with Gasteiger partial charge in [-0.25, -0.2) is 0 Å². The summed E-state index contributed by atoms with van der Waals surface area (Å²) in [5.41, 5.74) is -0.552. The Labute approximate surface area is 186 Å². The molecule has 0 heterocycles. The number of hydrogen-bond donors (Lipinski definition) is 1. The number of nitrogens with one attached hydrogen (secondary N) is 1. The lowest BCUT2D eigenvalue weighted by Crippen LogP contribution is -2.14. The van der Waals surface area contributed by atoms with E-state index < -0.39 is 17.6 Å². The Morgan fingerprint density at radius 2 is 1.61 bits per heavy atom. The molecule has 0 saturated carbocycles. The lowest BCUT2D eigenvalue weighted by atomic mass is 10.1. The molecule has 0 radical (unpaired) electrons. The van der Waals surface area contributed by atoms with Gasteiger partial charge in [-0.05, 0) is 66.2 Å². The van der Waals surface area contributed by atoms with Gasteiger partial charge in [-0.15, -0.1) is 0 Å². The third kappa shape index (κ3) is 6.38. The first-order chi connectivity index (χ1) is 14.7. The molecule has 3 aromatic carbocycles. The van der Waals surface area contributed by atoms with Crippen LogP contribution in [0.5, 0.6) is 0 Å². The van der Waals surface area contributed by atoms with E-state index in [0.29, 0.717) is 10.6 Å². The molecule has 156 valence electrons. The van der Waals surface area contributed by atoms with Crippen LogP contribution in [0.25, 0.3) is 6.08 Å². The van der Waals surface area contributed by atoms with Crippen molar-refractivity contribution in [1.82, 2.24) is 0 Å². The summed E-state index contributed by atoms with van der Waals surface area (Å²) in [6, 6.07) is 20.6. The SMILES string of the molecule is N#C/C(=C/c1ccc(Sc2ccc(Cl)cc2)cc1)C(=O)Nc1cccc(C(F)(F)F)c1. The summed E-state index contributed by atoms with van der Waals surface area (Å²) in [5, 5.41) is 12.3. The van der Waals surface area contributed by atoms with Crippen molar-refractivity contribution in [1.29, 1.82) is 5.26 Å². The van der Waals surface area contributed by atoms with Crippen molar-refractivity contribution in [2.75, 3.05) is 5.32 Å². The number of anilines is 1. The maximum absolute atomic E-state index is 12.8. The van der Waals surface area contributed by atoms with Crippen LogP contribution in [-0.4, -0.2) is 5.91 Å². The van der Waals surface area contributed by atoms with Crippen LogP contribution in [0.3, 0.4) is 0 Å². The summed E-state index contributed by atoms with van der Waals surface area (Å²) < 4.78 is 38.5. The molecule has 0 saturated heterocycles. The van der Waals surface area contributed by atoms with Crippen molar-refractivity contribution in [3.8, 4) is 6.07 Å². The van der Waals surface area contributed by atoms with Crippen LogP contribution >= 0.6 is 23.4 Å². The fraction of sp³-hybridized carbons (Fsp3) is 0.0435. The number of carbonyl (C=O) groups excluding carboxylic acids is 1. The molecular formula is C23H14ClF3N2OS. The van der Waals surface area contributed by atoms with E-state index in [1.165, 1.54) is 30.0 Å². The van der Waals surface area contributed by atoms with Gasteiger partial charge in [0.25, 0.3) is 5.91 Å². The van der Waals surface area contributed by atoms with Gasteiger partial charge in [-0.3, -0.25) is 4.79 Å². The second-order valence-corrected chi connectivity index (χ2v) is 7.91. The van der Waals surface area contributed by atoms with Crippen LogP contribution in [-0.2, 0) is 11.0 Å². The molecule has 0 aliphatic rings. The average Bonchev–Trinajstić information content (AvgIpc) is 2.74. The Kier molecular flexibility index (Phi) is 7.06. The van der Waals surface area contributed by atoms with Crippen LogP contribution in [0, 0.1) is 11.3 Å². The molecule has 0 atom stereocenters. The predicted molar refractivity (Wildman–Crippen MR) is 116 cm³/mol. The molecular weight excluding hydrogens is 445 g/mol. The fourth-order valence-corrected chi connectivity index (χ4v) is 3.50. The van der Waals surface area contributed by atoms with Gasteiger partial charge in [-0.1, -0.05) is 41.6 Å². The van der Waals surface area contributed by atoms with Crippen molar-refractivity contribution < 1.29 is 18.0 Å². The molecule has 0 aromatic heterocycles. The zero-order valence-electron chi connectivity index (χ0n) is 15.8. The lowest BCUT2D eigenvalue weighted by Gasteiger charge is -2.09. The van der Waals surface area contributed by atoms with Gasteiger partial charge < -0.3 is 5.32 Å². The van der Waals surface area contributed by atoms with Crippen molar-refractivity contribution in [2.24, 2.45) is 0 Å². The molecule has 0 fully saturated rings. The van der Waals surface area contributed by atoms with Crippen molar-refractivity contribution >= 4 is 41.0 Å². The highest BCUT2D eigenvalue weighted by Gasteiger charge is 2.30. The van der Waals surface area contributed by atoms with E-state index in [1.807, 2.05) is 24.3 Å². The minimum Gasteiger partial charge on any atom is -0.321 e. The summed E-state index contributed by atoms with van der Waals surface area (Å²) in [6.45, 7) is 0. The highest BCUT2D eigenvalue weighted by atomic mass is 35.5. The Morgan fingerprint density at radius 1 is 1.00 bits per heavy atom. The molecule has 1 N–H and O–H groups in total. The van der Waals surface area contributed by atoms with Gasteiger partial charge in [0.2, 0.25) is 0 Å². The molecule has 3 nitrogen and oxygen atoms in total. The quantitative estimate of drug-likeness (QED) is 0.329. The van der Waals surface area contributed by atoms with Gasteiger partial charge in [0.1, 0.15) is 11.6 Å². The van der Waals surface area contributed by atoms with Crippen LogP contribution < -0.4 is 5.32 Å². The molecule has 0 spiro atoms. The van der Waals surface area contributed by atoms with Gasteiger partial charge in [0.05, 0.1) is 5.56 Å². The van der Waals surface area contributed by atoms with Crippen molar-refractivity contribution in [3.05, 3.63) is 94.5 Å². The number of carbonyl (C=O) groups is 1. The molecule has 3 rings (SSSR count). The number of rotatable bonds is 5. The largest absolute Gasteiger partial charge is 0.416 e. The number of nitrogens with zero attached hydrogens (tertiary/aromatic N) is 1. The summed E-state index contributed by atoms with van der Waals surface area (Å²) >= 11 is 7.40. The third-order valence-corrected chi connectivity index (χ3v) is 5.32. The highest BCUT2D eigenvalue weighted by Crippen LogP contribution is 2.31. The lowest BCUT2D eigenvalue weighted by molar-refractivity contribution is -0.137. The number of hydrogen-bond acceptors (Lipinski definition) is 3. The Balaban J connectivity index is 1.71. The zero-order valence-corrected chi connectivity index (χ0v) is 17.4. The maximum Gasteiger partial charge on any atom is 0.416 e. The zero-order chi connectivity index (χ0) is 22.4. The van der Waals surface area contributed by atoms with Gasteiger partial charge in [-0.2, -0.15) is 18.4 Å². The van der Waals surface area contributed by atoms with Crippen LogP contribution in [0.4, 0.5) is 18.9 Å². The molecule has 3 aromatic rings. The van der Waals surface area contributed by atoms with E-state index >= 15 is 0 Å². The predicted octanol–water partition coefficient (Wildman–Crippen LogP) is 7.06. The molecule has 0 aliphatic carbocycles. The van der Waals surface area contributed by atoms with Crippen molar-refractivity contribution in [3.63, 3.8) is 0 Å². The molecule has 31 heavy (non-hydrogen) atoms. The number of amides is 1. The second kappa shape index (κ2) is 9.73. The minimum atomic E-state index is -4.53. The normalized spacial score (nSPS) is 11.6. The standard InChI is InChI=1S/C23H14ClF3N2OS/c24-18-6-10-21(11-7-18)31-20-8-4-15(5-9-20)12-16(14-28)22(30)29-19-3-1-2-17(13-19)23(25,26)27/h1-13H,(H,29,30)/b16-12-. The van der Waals surface area contributed by atoms with E-state index in [2.05, 4.69) is 5.32 Å². The maximum atomic E-state index is 12.8. The van der Waals surface area contributed by atoms with Gasteiger partial charge >= 0.3 is 6.18 Å². The highest BCUT2D eigenvalue weighted by molar-refractivity contribution is 7.99. The van der Waals surface area contributed by atoms with Crippen molar-refractivity contribution in [2.45, 2.75) is 16.0 Å². The molecule has 0 bridgehead atoms. The van der Waals surface area contributed by atoms with E-state index in [-0.39, 0.29) is 11.3 Å². The van der Waals surface area contributed by atoms with E-state index in [4.69, 9.17) is 11.6 Å². The molecule has 1 amide bonds. The smallest absolute Gasteiger partial charge is 0.321 e. The molecule has 8 heteroatoms. The first-order valence-corrected chi connectivity index (χ1v) is 10.1. The first kappa shape index (κ1) is 22.5. The Bertz CT molecular complexity index is 1150. The van der Waals surface area contributed by atoms with Crippen LogP contribution in [0.15, 0.2) is 88.2 Å². The van der Waals surface area contributed by atoms with E-state index in [1.54, 1.807) is 30.3 Å². The average molecular weight is 459 g/mol. The molecule has 0 aliphatic heterocycles. The first-order valence-electron chi connectivity index (χ1n) is 8.88. The van der Waals surface area contributed by atoms with E-state index in [9.17, 15) is 23.2 Å². The summed E-state index contributed by atoms with van der Waals surface area (Å²) in [4.78, 5) is 14.3. The number of alkyl halides is 3. The number of benzene rings is 3. The Hall–Kier alpha value is -3.21. The Morgan fingerprint density at radius 3 is 2.19 bits per heavy atom. The van der Waals surface area contributed by atoms with Gasteiger partial charge in [0, 0.05) is 20.5 Å². The summed E-state index contributed by atoms with van der Waals surface area (Å²) in [5.74, 6) is -0.790. The number of nitriles is 1. The second-order valence-electron chi connectivity index (χ2n) is 6.33. The topological polar surface area (TPSA) is 52.9 Å². The van der Waals surface area contributed by atoms with Gasteiger partial charge in [0.15, 0.2) is 0 Å². The van der Waals surface area contributed by atoms with Crippen LogP contribution in [0.2, 0.25) is 5.02 Å². The fourth-order valence-electron chi connectivity index (χ4n) is 2.56. The van der Waals surface area contributed by atoms with Crippen LogP contribution in [0.1, 0.15) is 11.1 Å². The summed E-state index contributed by atoms with van der Waals surface area (Å²) in [6.07, 6.45) is -3.15. The minimum absolute atomic E-state index is 0.0457. The third-order valence-electron chi connectivity index (χ3n) is 4.05.